The van der Waals surface area contributed by atoms with Crippen LogP contribution in [0.25, 0.3) is 11.5 Å². The van der Waals surface area contributed by atoms with E-state index in [-0.39, 0.29) is 11.7 Å². The standard InChI is InChI=1S/C14H16FN3O3/c15-11-3-1-2-10(6-11)14-17-16-13(21-14)8-18-4-5-20-9-12(19)7-18/h1-3,6,12,19H,4-5,7-9H2/t12-/m1/s1. The number of rotatable bonds is 3. The molecule has 7 heteroatoms. The Morgan fingerprint density at radius 3 is 3.14 bits per heavy atom. The van der Waals surface area contributed by atoms with Crippen molar-refractivity contribution in [1.29, 1.82) is 0 Å². The van der Waals surface area contributed by atoms with Gasteiger partial charge in [-0.25, -0.2) is 4.39 Å². The number of β-amino-alcohol motifs (C(OH)–C–C–N with tert-alkyl or cyclic N) is 1. The molecular weight excluding hydrogens is 277 g/mol. The van der Waals surface area contributed by atoms with Crippen molar-refractivity contribution in [2.75, 3.05) is 26.3 Å². The van der Waals surface area contributed by atoms with Gasteiger partial charge in [0, 0.05) is 18.7 Å². The fourth-order valence-corrected chi connectivity index (χ4v) is 2.25. The molecule has 6 nitrogen and oxygen atoms in total. The summed E-state index contributed by atoms with van der Waals surface area (Å²) in [6.45, 7) is 2.52. The van der Waals surface area contributed by atoms with E-state index in [4.69, 9.17) is 9.15 Å². The number of aliphatic hydroxyl groups is 1. The first-order valence-corrected chi connectivity index (χ1v) is 6.77. The molecule has 0 radical (unpaired) electrons. The zero-order valence-corrected chi connectivity index (χ0v) is 11.4. The lowest BCUT2D eigenvalue weighted by molar-refractivity contribution is 0.0559. The first kappa shape index (κ1) is 14.1. The monoisotopic (exact) mass is 293 g/mol. The highest BCUT2D eigenvalue weighted by Crippen LogP contribution is 2.19. The molecule has 2 heterocycles. The maximum atomic E-state index is 13.2. The summed E-state index contributed by atoms with van der Waals surface area (Å²) in [5, 5.41) is 17.6. The Morgan fingerprint density at radius 2 is 2.29 bits per heavy atom. The Hall–Kier alpha value is -1.83. The predicted molar refractivity (Wildman–Crippen MR) is 71.8 cm³/mol. The summed E-state index contributed by atoms with van der Waals surface area (Å²) in [6, 6.07) is 6.02. The average molecular weight is 293 g/mol. The van der Waals surface area contributed by atoms with Crippen molar-refractivity contribution in [2.24, 2.45) is 0 Å². The van der Waals surface area contributed by atoms with Crippen molar-refractivity contribution in [1.82, 2.24) is 15.1 Å². The molecule has 2 aromatic rings. The normalized spacial score (nSPS) is 20.4. The molecule has 0 amide bonds. The third kappa shape index (κ3) is 3.63. The van der Waals surface area contributed by atoms with Crippen LogP contribution in [0.4, 0.5) is 4.39 Å². The number of ether oxygens (including phenoxy) is 1. The Balaban J connectivity index is 1.70. The predicted octanol–water partition coefficient (Wildman–Crippen LogP) is 1.07. The van der Waals surface area contributed by atoms with Gasteiger partial charge in [0.2, 0.25) is 11.8 Å². The van der Waals surface area contributed by atoms with Gasteiger partial charge >= 0.3 is 0 Å². The topological polar surface area (TPSA) is 71.6 Å². The maximum absolute atomic E-state index is 13.2. The van der Waals surface area contributed by atoms with E-state index in [0.29, 0.717) is 44.3 Å². The Labute approximate surface area is 121 Å². The van der Waals surface area contributed by atoms with Gasteiger partial charge in [0.1, 0.15) is 5.82 Å². The lowest BCUT2D eigenvalue weighted by Gasteiger charge is -2.18. The molecule has 1 aliphatic heterocycles. The van der Waals surface area contributed by atoms with Crippen molar-refractivity contribution >= 4 is 0 Å². The SMILES string of the molecule is O[C@H]1COCCN(Cc2nnc(-c3cccc(F)c3)o2)C1. The minimum absolute atomic E-state index is 0.288. The van der Waals surface area contributed by atoms with Crippen LogP contribution >= 0.6 is 0 Å². The Bertz CT molecular complexity index is 605. The van der Waals surface area contributed by atoms with Crippen LogP contribution in [0.15, 0.2) is 28.7 Å². The zero-order valence-electron chi connectivity index (χ0n) is 11.4. The first-order chi connectivity index (χ1) is 10.2. The second-order valence-electron chi connectivity index (χ2n) is 4.98. The van der Waals surface area contributed by atoms with Crippen molar-refractivity contribution in [2.45, 2.75) is 12.6 Å². The third-order valence-electron chi connectivity index (χ3n) is 3.23. The second-order valence-corrected chi connectivity index (χ2v) is 4.98. The summed E-state index contributed by atoms with van der Waals surface area (Å²) in [5.74, 6) is 0.375. The molecule has 112 valence electrons. The molecule has 0 saturated carbocycles. The molecule has 1 saturated heterocycles. The highest BCUT2D eigenvalue weighted by molar-refractivity contribution is 5.52. The largest absolute Gasteiger partial charge is 0.419 e. The van der Waals surface area contributed by atoms with Gasteiger partial charge in [-0.15, -0.1) is 10.2 Å². The van der Waals surface area contributed by atoms with Crippen LogP contribution in [-0.2, 0) is 11.3 Å². The van der Waals surface area contributed by atoms with Gasteiger partial charge in [-0.3, -0.25) is 4.90 Å². The van der Waals surface area contributed by atoms with Crippen LogP contribution in [0.2, 0.25) is 0 Å². The van der Waals surface area contributed by atoms with Gasteiger partial charge in [-0.05, 0) is 18.2 Å². The van der Waals surface area contributed by atoms with Gasteiger partial charge < -0.3 is 14.3 Å². The number of hydrogen-bond donors (Lipinski definition) is 1. The van der Waals surface area contributed by atoms with Crippen molar-refractivity contribution in [3.05, 3.63) is 36.0 Å². The van der Waals surface area contributed by atoms with Crippen LogP contribution < -0.4 is 0 Å². The summed E-state index contributed by atoms with van der Waals surface area (Å²) in [7, 11) is 0. The Kier molecular flexibility index (Phi) is 4.23. The maximum Gasteiger partial charge on any atom is 0.247 e. The minimum Gasteiger partial charge on any atom is -0.419 e. The minimum atomic E-state index is -0.516. The van der Waals surface area contributed by atoms with E-state index >= 15 is 0 Å². The van der Waals surface area contributed by atoms with Crippen molar-refractivity contribution in [3.8, 4) is 11.5 Å². The number of nitrogens with zero attached hydrogens (tertiary/aromatic N) is 3. The van der Waals surface area contributed by atoms with E-state index in [1.807, 2.05) is 4.90 Å². The molecule has 3 rings (SSSR count). The highest BCUT2D eigenvalue weighted by atomic mass is 19.1. The molecular formula is C14H16FN3O3. The molecule has 1 aliphatic rings. The molecule has 1 fully saturated rings. The van der Waals surface area contributed by atoms with Crippen LogP contribution in [0.1, 0.15) is 5.89 Å². The summed E-state index contributed by atoms with van der Waals surface area (Å²) in [6.07, 6.45) is -0.516. The molecule has 1 aromatic carbocycles. The second kappa shape index (κ2) is 6.30. The summed E-state index contributed by atoms with van der Waals surface area (Å²) >= 11 is 0. The van der Waals surface area contributed by atoms with Crippen molar-refractivity contribution in [3.63, 3.8) is 0 Å². The van der Waals surface area contributed by atoms with Gasteiger partial charge in [-0.2, -0.15) is 0 Å². The number of aliphatic hydroxyl groups excluding tert-OH is 1. The molecule has 1 atom stereocenters. The van der Waals surface area contributed by atoms with Gasteiger partial charge in [0.05, 0.1) is 25.9 Å². The van der Waals surface area contributed by atoms with E-state index < -0.39 is 6.10 Å². The summed E-state index contributed by atoms with van der Waals surface area (Å²) < 4.78 is 24.0. The summed E-state index contributed by atoms with van der Waals surface area (Å²) in [4.78, 5) is 1.99. The molecule has 0 aliphatic carbocycles. The molecule has 1 aromatic heterocycles. The van der Waals surface area contributed by atoms with Crippen molar-refractivity contribution < 1.29 is 18.7 Å². The van der Waals surface area contributed by atoms with Crippen LogP contribution in [-0.4, -0.2) is 52.6 Å². The summed E-state index contributed by atoms with van der Waals surface area (Å²) in [5.41, 5.74) is 0.549. The number of aromatic nitrogens is 2. The van der Waals surface area contributed by atoms with E-state index in [2.05, 4.69) is 10.2 Å². The zero-order chi connectivity index (χ0) is 14.7. The lowest BCUT2D eigenvalue weighted by atomic mass is 10.2. The molecule has 0 unspecified atom stereocenters. The molecule has 0 bridgehead atoms. The lowest BCUT2D eigenvalue weighted by Crippen LogP contribution is -2.32. The molecule has 1 N–H and O–H groups in total. The third-order valence-corrected chi connectivity index (χ3v) is 3.23. The quantitative estimate of drug-likeness (QED) is 0.912. The number of benzene rings is 1. The fraction of sp³-hybridized carbons (Fsp3) is 0.429. The van der Waals surface area contributed by atoms with Crippen LogP contribution in [0.5, 0.6) is 0 Å². The van der Waals surface area contributed by atoms with E-state index in [1.165, 1.54) is 12.1 Å². The first-order valence-electron chi connectivity index (χ1n) is 6.77. The molecule has 21 heavy (non-hydrogen) atoms. The number of hydrogen-bond acceptors (Lipinski definition) is 6. The van der Waals surface area contributed by atoms with E-state index in [9.17, 15) is 9.50 Å². The highest BCUT2D eigenvalue weighted by Gasteiger charge is 2.19. The Morgan fingerprint density at radius 1 is 1.38 bits per heavy atom. The van der Waals surface area contributed by atoms with Crippen LogP contribution in [0, 0.1) is 5.82 Å². The smallest absolute Gasteiger partial charge is 0.247 e. The van der Waals surface area contributed by atoms with E-state index in [0.717, 1.165) is 0 Å². The number of halogens is 1. The van der Waals surface area contributed by atoms with Gasteiger partial charge in [0.15, 0.2) is 0 Å². The molecule has 0 spiro atoms. The van der Waals surface area contributed by atoms with Crippen LogP contribution in [0.3, 0.4) is 0 Å². The van der Waals surface area contributed by atoms with E-state index in [1.54, 1.807) is 12.1 Å². The fourth-order valence-electron chi connectivity index (χ4n) is 2.25. The van der Waals surface area contributed by atoms with Gasteiger partial charge in [0.25, 0.3) is 0 Å². The van der Waals surface area contributed by atoms with Gasteiger partial charge in [-0.1, -0.05) is 6.07 Å². The average Bonchev–Trinajstić information content (AvgIpc) is 2.82.